The van der Waals surface area contributed by atoms with Gasteiger partial charge in [-0.3, -0.25) is 0 Å². The van der Waals surface area contributed by atoms with Crippen LogP contribution in [0.2, 0.25) is 0 Å². The van der Waals surface area contributed by atoms with Crippen molar-refractivity contribution in [2.75, 3.05) is 6.61 Å². The number of rotatable bonds is 6. The Morgan fingerprint density at radius 3 is 3.00 bits per heavy atom. The van der Waals surface area contributed by atoms with Gasteiger partial charge in [0, 0.05) is 17.8 Å². The highest BCUT2D eigenvalue weighted by molar-refractivity contribution is 5.91. The lowest BCUT2D eigenvalue weighted by atomic mass is 10.1. The van der Waals surface area contributed by atoms with Crippen molar-refractivity contribution in [1.82, 2.24) is 9.55 Å². The maximum absolute atomic E-state index is 11.4. The molecule has 5 heteroatoms. The Morgan fingerprint density at radius 1 is 1.52 bits per heavy atom. The molecule has 1 aliphatic rings. The van der Waals surface area contributed by atoms with Gasteiger partial charge in [-0.15, -0.1) is 0 Å². The molecule has 0 aliphatic heterocycles. The molecular weight excluding hydrogens is 268 g/mol. The van der Waals surface area contributed by atoms with Crippen LogP contribution in [0.25, 0.3) is 5.69 Å². The Bertz CT molecular complexity index is 687. The number of imidazole rings is 1. The fourth-order valence-corrected chi connectivity index (χ4v) is 2.19. The lowest BCUT2D eigenvalue weighted by Crippen LogP contribution is -2.04. The predicted molar refractivity (Wildman–Crippen MR) is 78.2 cm³/mol. The molecule has 21 heavy (non-hydrogen) atoms. The third-order valence-corrected chi connectivity index (χ3v) is 3.45. The van der Waals surface area contributed by atoms with Crippen molar-refractivity contribution >= 4 is 5.97 Å². The highest BCUT2D eigenvalue weighted by Gasteiger charge is 2.26. The van der Waals surface area contributed by atoms with Gasteiger partial charge in [0.1, 0.15) is 17.9 Å². The molecule has 1 heterocycles. The minimum absolute atomic E-state index is 0.135. The molecular formula is C16H16N2O3. The molecule has 1 aromatic heterocycles. The first-order chi connectivity index (χ1) is 10.2. The van der Waals surface area contributed by atoms with Gasteiger partial charge in [-0.25, -0.2) is 9.78 Å². The average molecular weight is 284 g/mol. The molecule has 0 spiro atoms. The van der Waals surface area contributed by atoms with Gasteiger partial charge < -0.3 is 14.4 Å². The van der Waals surface area contributed by atoms with E-state index in [0.717, 1.165) is 11.4 Å². The average Bonchev–Trinajstić information content (AvgIpc) is 3.22. The van der Waals surface area contributed by atoms with Crippen LogP contribution in [0, 0.1) is 0 Å². The molecule has 2 aromatic rings. The fourth-order valence-electron chi connectivity index (χ4n) is 2.19. The Hall–Kier alpha value is -2.56. The summed E-state index contributed by atoms with van der Waals surface area (Å²) in [6, 6.07) is 5.08. The Kier molecular flexibility index (Phi) is 3.48. The van der Waals surface area contributed by atoms with Crippen LogP contribution in [0.4, 0.5) is 0 Å². The Labute approximate surface area is 122 Å². The molecule has 0 amide bonds. The zero-order valence-electron chi connectivity index (χ0n) is 11.5. The minimum atomic E-state index is -1.02. The molecule has 3 rings (SSSR count). The number of aromatic carboxylic acids is 1. The summed E-state index contributed by atoms with van der Waals surface area (Å²) < 4.78 is 7.21. The number of carboxylic acid groups (broad SMARTS) is 1. The third kappa shape index (κ3) is 2.81. The first-order valence-electron chi connectivity index (χ1n) is 6.84. The molecule has 1 aromatic carbocycles. The first-order valence-corrected chi connectivity index (χ1v) is 6.84. The lowest BCUT2D eigenvalue weighted by Gasteiger charge is -2.09. The number of carboxylic acids is 1. The number of hydrogen-bond donors (Lipinski definition) is 1. The molecule has 108 valence electrons. The van der Waals surface area contributed by atoms with E-state index in [-0.39, 0.29) is 12.2 Å². The number of aromatic nitrogens is 2. The molecule has 1 N–H and O–H groups in total. The van der Waals surface area contributed by atoms with E-state index >= 15 is 0 Å². The van der Waals surface area contributed by atoms with Crippen LogP contribution in [0.1, 0.15) is 34.8 Å². The minimum Gasteiger partial charge on any atom is -0.489 e. The van der Waals surface area contributed by atoms with Crippen LogP contribution in [-0.2, 0) is 0 Å². The monoisotopic (exact) mass is 284 g/mol. The number of benzene rings is 1. The van der Waals surface area contributed by atoms with E-state index in [1.807, 2.05) is 16.8 Å². The van der Waals surface area contributed by atoms with Crippen molar-refractivity contribution in [2.24, 2.45) is 0 Å². The van der Waals surface area contributed by atoms with Crippen LogP contribution in [-0.4, -0.2) is 27.2 Å². The van der Waals surface area contributed by atoms with Gasteiger partial charge in [0.05, 0.1) is 12.0 Å². The first kappa shape index (κ1) is 13.4. The Morgan fingerprint density at radius 2 is 2.33 bits per heavy atom. The number of carbonyl (C=O) groups is 1. The number of nitrogens with zero attached hydrogens (tertiary/aromatic N) is 2. The van der Waals surface area contributed by atoms with E-state index in [2.05, 4.69) is 11.6 Å². The summed E-state index contributed by atoms with van der Waals surface area (Å²) in [4.78, 5) is 15.7. The van der Waals surface area contributed by atoms with Gasteiger partial charge in [-0.2, -0.15) is 0 Å². The smallest absolute Gasteiger partial charge is 0.339 e. The van der Waals surface area contributed by atoms with Crippen LogP contribution in [0.5, 0.6) is 5.75 Å². The summed E-state index contributed by atoms with van der Waals surface area (Å²) in [5.74, 6) is -0.104. The van der Waals surface area contributed by atoms with Gasteiger partial charge in [0.25, 0.3) is 0 Å². The van der Waals surface area contributed by atoms with Crippen LogP contribution in [0.15, 0.2) is 43.4 Å². The third-order valence-electron chi connectivity index (χ3n) is 3.45. The summed E-state index contributed by atoms with van der Waals surface area (Å²) in [7, 11) is 0. The van der Waals surface area contributed by atoms with Crippen molar-refractivity contribution in [1.29, 1.82) is 0 Å². The van der Waals surface area contributed by atoms with Crippen molar-refractivity contribution < 1.29 is 14.6 Å². The number of hydrogen-bond acceptors (Lipinski definition) is 3. The van der Waals surface area contributed by atoms with Gasteiger partial charge in [0.2, 0.25) is 0 Å². The van der Waals surface area contributed by atoms with Crippen molar-refractivity contribution in [3.05, 3.63) is 54.6 Å². The summed E-state index contributed by atoms with van der Waals surface area (Å²) in [6.45, 7) is 3.83. The molecule has 0 bridgehead atoms. The van der Waals surface area contributed by atoms with Gasteiger partial charge in [-0.05, 0) is 31.0 Å². The topological polar surface area (TPSA) is 64.4 Å². The Balaban J connectivity index is 1.92. The molecule has 5 nitrogen and oxygen atoms in total. The zero-order chi connectivity index (χ0) is 14.8. The maximum atomic E-state index is 11.4. The summed E-state index contributed by atoms with van der Waals surface area (Å²) in [5.41, 5.74) is 1.97. The van der Waals surface area contributed by atoms with Crippen molar-refractivity contribution in [3.8, 4) is 11.4 Å². The van der Waals surface area contributed by atoms with Gasteiger partial charge in [-0.1, -0.05) is 12.7 Å². The second-order valence-electron chi connectivity index (χ2n) is 5.07. The molecule has 1 aliphatic carbocycles. The standard InChI is InChI=1S/C16H16N2O3/c1-2-7-21-15-6-5-12(8-13(15)16(19)20)18-9-14(17-10-18)11-3-4-11/h2,5-6,8-11H,1,3-4,7H2,(H,19,20). The van der Waals surface area contributed by atoms with E-state index in [1.165, 1.54) is 12.8 Å². The van der Waals surface area contributed by atoms with E-state index in [4.69, 9.17) is 4.74 Å². The molecule has 0 saturated heterocycles. The summed E-state index contributed by atoms with van der Waals surface area (Å²) in [5, 5.41) is 9.31. The largest absolute Gasteiger partial charge is 0.489 e. The normalized spacial score (nSPS) is 13.9. The lowest BCUT2D eigenvalue weighted by molar-refractivity contribution is 0.0692. The summed E-state index contributed by atoms with van der Waals surface area (Å²) >= 11 is 0. The molecule has 0 atom stereocenters. The number of ether oxygens (including phenoxy) is 1. The molecule has 1 fully saturated rings. The van der Waals surface area contributed by atoms with Gasteiger partial charge >= 0.3 is 5.97 Å². The fraction of sp³-hybridized carbons (Fsp3) is 0.250. The molecule has 0 unspecified atom stereocenters. The van der Waals surface area contributed by atoms with Crippen LogP contribution in [0.3, 0.4) is 0 Å². The maximum Gasteiger partial charge on any atom is 0.339 e. The van der Waals surface area contributed by atoms with Crippen molar-refractivity contribution in [3.63, 3.8) is 0 Å². The SMILES string of the molecule is C=CCOc1ccc(-n2cnc(C3CC3)c2)cc1C(=O)O. The van der Waals surface area contributed by atoms with Gasteiger partial charge in [0.15, 0.2) is 0 Å². The second-order valence-corrected chi connectivity index (χ2v) is 5.07. The second kappa shape index (κ2) is 5.44. The molecule has 0 radical (unpaired) electrons. The zero-order valence-corrected chi connectivity index (χ0v) is 11.5. The van der Waals surface area contributed by atoms with Crippen LogP contribution < -0.4 is 4.74 Å². The van der Waals surface area contributed by atoms with E-state index < -0.39 is 5.97 Å². The van der Waals surface area contributed by atoms with Crippen molar-refractivity contribution in [2.45, 2.75) is 18.8 Å². The highest BCUT2D eigenvalue weighted by atomic mass is 16.5. The van der Waals surface area contributed by atoms with E-state index in [9.17, 15) is 9.90 Å². The predicted octanol–water partition coefficient (Wildman–Crippen LogP) is 3.01. The highest BCUT2D eigenvalue weighted by Crippen LogP contribution is 2.39. The summed E-state index contributed by atoms with van der Waals surface area (Å²) in [6.07, 6.45) is 7.64. The van der Waals surface area contributed by atoms with Crippen LogP contribution >= 0.6 is 0 Å². The molecule has 1 saturated carbocycles. The quantitative estimate of drug-likeness (QED) is 0.828. The van der Waals surface area contributed by atoms with E-state index in [0.29, 0.717) is 11.7 Å². The van der Waals surface area contributed by atoms with E-state index in [1.54, 1.807) is 24.5 Å².